The molecule has 24 heavy (non-hydrogen) atoms. The normalized spacial score (nSPS) is 22.5. The van der Waals surface area contributed by atoms with Crippen LogP contribution in [-0.4, -0.2) is 33.1 Å². The van der Waals surface area contributed by atoms with Gasteiger partial charge in [-0.3, -0.25) is 4.68 Å². The standard InChI is InChI=1S/C18H32N4O2/c1-11(2)7-8-22-16(12(3)4)13(10-19-22)20-17(24)21-14-9-15(23)18(14,5)6/h10-12,14-15,23H,7-9H2,1-6H3,(H2,20,21,24). The number of rotatable bonds is 6. The highest BCUT2D eigenvalue weighted by molar-refractivity contribution is 5.90. The number of aliphatic hydroxyl groups is 1. The number of anilines is 1. The Morgan fingerprint density at radius 2 is 2.08 bits per heavy atom. The summed E-state index contributed by atoms with van der Waals surface area (Å²) in [4.78, 5) is 12.3. The second kappa shape index (κ2) is 7.13. The number of amides is 2. The predicted molar refractivity (Wildman–Crippen MR) is 96.1 cm³/mol. The molecule has 1 aromatic heterocycles. The summed E-state index contributed by atoms with van der Waals surface area (Å²) in [5, 5.41) is 20.1. The summed E-state index contributed by atoms with van der Waals surface area (Å²) in [7, 11) is 0. The largest absolute Gasteiger partial charge is 0.392 e. The van der Waals surface area contributed by atoms with Crippen LogP contribution in [0.2, 0.25) is 0 Å². The lowest BCUT2D eigenvalue weighted by Crippen LogP contribution is -2.61. The van der Waals surface area contributed by atoms with Gasteiger partial charge in [0.05, 0.1) is 23.7 Å². The van der Waals surface area contributed by atoms with Crippen LogP contribution < -0.4 is 10.6 Å². The molecule has 1 aliphatic rings. The van der Waals surface area contributed by atoms with E-state index in [9.17, 15) is 9.90 Å². The third-order valence-electron chi connectivity index (χ3n) is 5.11. The summed E-state index contributed by atoms with van der Waals surface area (Å²) in [6.07, 6.45) is 3.04. The molecular formula is C18H32N4O2. The van der Waals surface area contributed by atoms with Crippen LogP contribution in [0, 0.1) is 11.3 Å². The zero-order valence-electron chi connectivity index (χ0n) is 15.8. The van der Waals surface area contributed by atoms with Crippen molar-refractivity contribution in [1.82, 2.24) is 15.1 Å². The van der Waals surface area contributed by atoms with Gasteiger partial charge >= 0.3 is 6.03 Å². The van der Waals surface area contributed by atoms with E-state index < -0.39 is 0 Å². The van der Waals surface area contributed by atoms with Crippen molar-refractivity contribution < 1.29 is 9.90 Å². The van der Waals surface area contributed by atoms with Gasteiger partial charge in [-0.05, 0) is 24.7 Å². The molecule has 2 rings (SSSR count). The second-order valence-corrected chi connectivity index (χ2v) is 8.23. The highest BCUT2D eigenvalue weighted by Gasteiger charge is 2.48. The van der Waals surface area contributed by atoms with E-state index in [1.165, 1.54) is 0 Å². The SMILES string of the molecule is CC(C)CCn1ncc(NC(=O)NC2CC(O)C2(C)C)c1C(C)C. The van der Waals surface area contributed by atoms with Crippen LogP contribution in [0.4, 0.5) is 10.5 Å². The molecule has 1 saturated carbocycles. The van der Waals surface area contributed by atoms with Crippen LogP contribution in [0.5, 0.6) is 0 Å². The van der Waals surface area contributed by atoms with Crippen LogP contribution in [0.3, 0.4) is 0 Å². The fourth-order valence-corrected chi connectivity index (χ4v) is 3.12. The van der Waals surface area contributed by atoms with Gasteiger partial charge < -0.3 is 15.7 Å². The number of hydrogen-bond donors (Lipinski definition) is 3. The minimum atomic E-state index is -0.354. The summed E-state index contributed by atoms with van der Waals surface area (Å²) in [5.74, 6) is 0.887. The van der Waals surface area contributed by atoms with Crippen LogP contribution in [-0.2, 0) is 6.54 Å². The Morgan fingerprint density at radius 1 is 1.42 bits per heavy atom. The molecule has 0 bridgehead atoms. The first-order chi connectivity index (χ1) is 11.1. The molecule has 6 heteroatoms. The molecular weight excluding hydrogens is 304 g/mol. The molecule has 1 aliphatic carbocycles. The van der Waals surface area contributed by atoms with Gasteiger partial charge in [0.2, 0.25) is 0 Å². The zero-order valence-corrected chi connectivity index (χ0v) is 15.8. The number of aliphatic hydroxyl groups excluding tert-OH is 1. The molecule has 3 N–H and O–H groups in total. The van der Waals surface area contributed by atoms with E-state index in [0.29, 0.717) is 12.3 Å². The zero-order chi connectivity index (χ0) is 18.1. The average molecular weight is 336 g/mol. The third-order valence-corrected chi connectivity index (χ3v) is 5.11. The average Bonchev–Trinajstić information content (AvgIpc) is 2.87. The Balaban J connectivity index is 2.02. The molecule has 1 fully saturated rings. The minimum Gasteiger partial charge on any atom is -0.392 e. The van der Waals surface area contributed by atoms with Crippen molar-refractivity contribution in [3.63, 3.8) is 0 Å². The van der Waals surface area contributed by atoms with E-state index in [2.05, 4.69) is 43.4 Å². The number of urea groups is 1. The van der Waals surface area contributed by atoms with Crippen molar-refractivity contribution in [2.24, 2.45) is 11.3 Å². The predicted octanol–water partition coefficient (Wildman–Crippen LogP) is 3.33. The summed E-state index contributed by atoms with van der Waals surface area (Å²) < 4.78 is 2.00. The first-order valence-corrected chi connectivity index (χ1v) is 8.94. The van der Waals surface area contributed by atoms with E-state index in [4.69, 9.17) is 0 Å². The van der Waals surface area contributed by atoms with Crippen molar-refractivity contribution in [1.29, 1.82) is 0 Å². The first-order valence-electron chi connectivity index (χ1n) is 8.94. The highest BCUT2D eigenvalue weighted by Crippen LogP contribution is 2.40. The first kappa shape index (κ1) is 18.8. The van der Waals surface area contributed by atoms with Gasteiger partial charge in [0.1, 0.15) is 0 Å². The number of carbonyl (C=O) groups is 1. The molecule has 1 heterocycles. The molecule has 0 aromatic carbocycles. The van der Waals surface area contributed by atoms with E-state index in [1.54, 1.807) is 6.20 Å². The number of hydrogen-bond acceptors (Lipinski definition) is 3. The van der Waals surface area contributed by atoms with Crippen molar-refractivity contribution >= 4 is 11.7 Å². The lowest BCUT2D eigenvalue weighted by atomic mass is 9.65. The van der Waals surface area contributed by atoms with Gasteiger partial charge in [-0.2, -0.15) is 5.10 Å². The molecule has 2 unspecified atom stereocenters. The maximum absolute atomic E-state index is 12.3. The fraction of sp³-hybridized carbons (Fsp3) is 0.778. The van der Waals surface area contributed by atoms with Gasteiger partial charge in [-0.25, -0.2) is 4.79 Å². The second-order valence-electron chi connectivity index (χ2n) is 8.23. The van der Waals surface area contributed by atoms with Crippen molar-refractivity contribution in [2.45, 2.75) is 79.0 Å². The fourth-order valence-electron chi connectivity index (χ4n) is 3.12. The molecule has 2 amide bonds. The third kappa shape index (κ3) is 3.91. The molecule has 2 atom stereocenters. The topological polar surface area (TPSA) is 79.2 Å². The van der Waals surface area contributed by atoms with Gasteiger partial charge in [0.15, 0.2) is 0 Å². The molecule has 0 spiro atoms. The van der Waals surface area contributed by atoms with Gasteiger partial charge in [-0.1, -0.05) is 41.5 Å². The monoisotopic (exact) mass is 336 g/mol. The number of nitrogens with zero attached hydrogens (tertiary/aromatic N) is 2. The molecule has 136 valence electrons. The van der Waals surface area contributed by atoms with Crippen LogP contribution in [0.15, 0.2) is 6.20 Å². The Labute approximate surface area is 145 Å². The number of carbonyl (C=O) groups excluding carboxylic acids is 1. The number of aryl methyl sites for hydroxylation is 1. The summed E-state index contributed by atoms with van der Waals surface area (Å²) in [5.41, 5.74) is 1.54. The van der Waals surface area contributed by atoms with Crippen molar-refractivity contribution in [3.05, 3.63) is 11.9 Å². The van der Waals surface area contributed by atoms with E-state index >= 15 is 0 Å². The Morgan fingerprint density at radius 3 is 2.58 bits per heavy atom. The smallest absolute Gasteiger partial charge is 0.319 e. The van der Waals surface area contributed by atoms with Crippen molar-refractivity contribution in [2.75, 3.05) is 5.32 Å². The van der Waals surface area contributed by atoms with Gasteiger partial charge in [-0.15, -0.1) is 0 Å². The van der Waals surface area contributed by atoms with Gasteiger partial charge in [0, 0.05) is 18.0 Å². The Hall–Kier alpha value is -1.56. The van der Waals surface area contributed by atoms with Crippen LogP contribution in [0.25, 0.3) is 0 Å². The number of aromatic nitrogens is 2. The maximum atomic E-state index is 12.3. The Bertz CT molecular complexity index is 578. The molecule has 0 radical (unpaired) electrons. The van der Waals surface area contributed by atoms with Gasteiger partial charge in [0.25, 0.3) is 0 Å². The maximum Gasteiger partial charge on any atom is 0.319 e. The highest BCUT2D eigenvalue weighted by atomic mass is 16.3. The van der Waals surface area contributed by atoms with E-state index in [1.807, 2.05) is 18.5 Å². The number of nitrogens with one attached hydrogen (secondary N) is 2. The molecule has 6 nitrogen and oxygen atoms in total. The van der Waals surface area contributed by atoms with E-state index in [-0.39, 0.29) is 29.5 Å². The van der Waals surface area contributed by atoms with Crippen LogP contribution >= 0.6 is 0 Å². The summed E-state index contributed by atoms with van der Waals surface area (Å²) in [6.45, 7) is 13.4. The minimum absolute atomic E-state index is 0.00835. The van der Waals surface area contributed by atoms with Crippen LogP contribution in [0.1, 0.15) is 66.0 Å². The molecule has 0 aliphatic heterocycles. The molecule has 0 saturated heterocycles. The van der Waals surface area contributed by atoms with Crippen molar-refractivity contribution in [3.8, 4) is 0 Å². The lowest BCUT2D eigenvalue weighted by Gasteiger charge is -2.49. The molecule has 1 aromatic rings. The summed E-state index contributed by atoms with van der Waals surface area (Å²) >= 11 is 0. The summed E-state index contributed by atoms with van der Waals surface area (Å²) in [6, 6.07) is -0.240. The lowest BCUT2D eigenvalue weighted by molar-refractivity contribution is -0.0673. The Kier molecular flexibility index (Phi) is 5.58. The van der Waals surface area contributed by atoms with E-state index in [0.717, 1.165) is 24.3 Å². The quantitative estimate of drug-likeness (QED) is 0.745.